The van der Waals surface area contributed by atoms with Crippen LogP contribution in [0, 0.1) is 5.92 Å². The standard InChI is InChI=1S/C20H30N4O2/c1-4-15(5-2)20(26)24-9-6-7-16(12-24)19-21-11-17-13-23(14(3)25)10-8-18(17)22-19/h11,15-16H,4-10,12-13H2,1-3H3/t16-/m0/s1. The van der Waals surface area contributed by atoms with Crippen LogP contribution in [-0.4, -0.2) is 51.2 Å². The molecule has 0 unspecified atom stereocenters. The van der Waals surface area contributed by atoms with Gasteiger partial charge in [0.1, 0.15) is 5.82 Å². The predicted octanol–water partition coefficient (Wildman–Crippen LogP) is 2.52. The molecule has 0 N–H and O–H groups in total. The van der Waals surface area contributed by atoms with Crippen LogP contribution in [0.15, 0.2) is 6.20 Å². The molecule has 0 spiro atoms. The highest BCUT2D eigenvalue weighted by Gasteiger charge is 2.30. The van der Waals surface area contributed by atoms with Crippen LogP contribution in [0.2, 0.25) is 0 Å². The van der Waals surface area contributed by atoms with Crippen LogP contribution < -0.4 is 0 Å². The molecule has 142 valence electrons. The van der Waals surface area contributed by atoms with E-state index in [0.29, 0.717) is 6.54 Å². The number of likely N-dealkylation sites (tertiary alicyclic amines) is 1. The van der Waals surface area contributed by atoms with Crippen LogP contribution in [0.3, 0.4) is 0 Å². The average Bonchev–Trinajstić information content (AvgIpc) is 2.68. The Labute approximate surface area is 156 Å². The van der Waals surface area contributed by atoms with Gasteiger partial charge in [0.25, 0.3) is 0 Å². The molecule has 1 fully saturated rings. The van der Waals surface area contributed by atoms with Crippen LogP contribution >= 0.6 is 0 Å². The second-order valence-electron chi connectivity index (χ2n) is 7.53. The number of carbonyl (C=O) groups is 2. The number of aromatic nitrogens is 2. The molecule has 26 heavy (non-hydrogen) atoms. The van der Waals surface area contributed by atoms with Gasteiger partial charge < -0.3 is 9.80 Å². The third-order valence-electron chi connectivity index (χ3n) is 5.83. The molecule has 3 rings (SSSR count). The molecule has 0 radical (unpaired) electrons. The van der Waals surface area contributed by atoms with Crippen molar-refractivity contribution in [2.24, 2.45) is 5.92 Å². The first kappa shape index (κ1) is 18.8. The highest BCUT2D eigenvalue weighted by Crippen LogP contribution is 2.28. The van der Waals surface area contributed by atoms with Crippen LogP contribution in [0.4, 0.5) is 0 Å². The minimum atomic E-state index is 0.0996. The van der Waals surface area contributed by atoms with Crippen LogP contribution in [0.25, 0.3) is 0 Å². The topological polar surface area (TPSA) is 66.4 Å². The van der Waals surface area contributed by atoms with Crippen molar-refractivity contribution in [2.75, 3.05) is 19.6 Å². The molecular formula is C20H30N4O2. The molecule has 0 saturated carbocycles. The van der Waals surface area contributed by atoms with E-state index in [0.717, 1.165) is 68.8 Å². The van der Waals surface area contributed by atoms with Gasteiger partial charge >= 0.3 is 0 Å². The van der Waals surface area contributed by atoms with Gasteiger partial charge in [0.05, 0.1) is 5.69 Å². The molecule has 0 bridgehead atoms. The molecule has 6 nitrogen and oxygen atoms in total. The summed E-state index contributed by atoms with van der Waals surface area (Å²) in [7, 11) is 0. The Balaban J connectivity index is 1.71. The Hall–Kier alpha value is -1.98. The number of carbonyl (C=O) groups excluding carboxylic acids is 2. The van der Waals surface area contributed by atoms with Gasteiger partial charge in [-0.1, -0.05) is 13.8 Å². The number of amides is 2. The van der Waals surface area contributed by atoms with Gasteiger partial charge in [-0.2, -0.15) is 0 Å². The molecule has 1 saturated heterocycles. The summed E-state index contributed by atoms with van der Waals surface area (Å²) >= 11 is 0. The SMILES string of the molecule is CCC(CC)C(=O)N1CCC[C@H](c2ncc3c(n2)CCN(C(C)=O)C3)C1. The Morgan fingerprint density at radius 2 is 2.00 bits per heavy atom. The first-order valence-electron chi connectivity index (χ1n) is 9.92. The third kappa shape index (κ3) is 3.89. The van der Waals surface area contributed by atoms with E-state index < -0.39 is 0 Å². The average molecular weight is 358 g/mol. The molecular weight excluding hydrogens is 328 g/mol. The monoisotopic (exact) mass is 358 g/mol. The molecule has 2 amide bonds. The molecule has 0 aliphatic carbocycles. The second kappa shape index (κ2) is 8.14. The summed E-state index contributed by atoms with van der Waals surface area (Å²) in [5, 5.41) is 0. The summed E-state index contributed by atoms with van der Waals surface area (Å²) < 4.78 is 0. The van der Waals surface area contributed by atoms with E-state index in [9.17, 15) is 9.59 Å². The van der Waals surface area contributed by atoms with E-state index in [1.807, 2.05) is 16.0 Å². The lowest BCUT2D eigenvalue weighted by Crippen LogP contribution is -2.42. The normalized spacial score (nSPS) is 20.2. The highest BCUT2D eigenvalue weighted by molar-refractivity contribution is 5.79. The Kier molecular flexibility index (Phi) is 5.89. The predicted molar refractivity (Wildman–Crippen MR) is 99.5 cm³/mol. The first-order valence-corrected chi connectivity index (χ1v) is 9.92. The summed E-state index contributed by atoms with van der Waals surface area (Å²) in [6.07, 6.45) is 6.51. The van der Waals surface area contributed by atoms with Crippen LogP contribution in [0.1, 0.15) is 69.5 Å². The largest absolute Gasteiger partial charge is 0.342 e. The summed E-state index contributed by atoms with van der Waals surface area (Å²) in [4.78, 5) is 37.6. The maximum Gasteiger partial charge on any atom is 0.225 e. The molecule has 1 atom stereocenters. The molecule has 2 aliphatic heterocycles. The van der Waals surface area contributed by atoms with E-state index in [-0.39, 0.29) is 23.7 Å². The van der Waals surface area contributed by atoms with Crippen molar-refractivity contribution in [1.82, 2.24) is 19.8 Å². The van der Waals surface area contributed by atoms with Crippen molar-refractivity contribution in [1.29, 1.82) is 0 Å². The van der Waals surface area contributed by atoms with Crippen LogP contribution in [0.5, 0.6) is 0 Å². The number of hydrogen-bond acceptors (Lipinski definition) is 4. The zero-order valence-electron chi connectivity index (χ0n) is 16.2. The summed E-state index contributed by atoms with van der Waals surface area (Å²) in [5.74, 6) is 1.60. The second-order valence-corrected chi connectivity index (χ2v) is 7.53. The fourth-order valence-corrected chi connectivity index (χ4v) is 4.08. The minimum absolute atomic E-state index is 0.0996. The van der Waals surface area contributed by atoms with Crippen molar-refractivity contribution < 1.29 is 9.59 Å². The van der Waals surface area contributed by atoms with E-state index in [1.54, 1.807) is 6.92 Å². The first-order chi connectivity index (χ1) is 12.5. The number of piperidine rings is 1. The molecule has 6 heteroatoms. The Bertz CT molecular complexity index is 672. The lowest BCUT2D eigenvalue weighted by Gasteiger charge is -2.34. The van der Waals surface area contributed by atoms with Gasteiger partial charge in [-0.15, -0.1) is 0 Å². The lowest BCUT2D eigenvalue weighted by atomic mass is 9.94. The van der Waals surface area contributed by atoms with Gasteiger partial charge in [0, 0.05) is 63.1 Å². The molecule has 2 aliphatic rings. The fraction of sp³-hybridized carbons (Fsp3) is 0.700. The third-order valence-corrected chi connectivity index (χ3v) is 5.83. The van der Waals surface area contributed by atoms with Crippen LogP contribution in [-0.2, 0) is 22.6 Å². The molecule has 0 aromatic carbocycles. The van der Waals surface area contributed by atoms with Gasteiger partial charge in [-0.3, -0.25) is 9.59 Å². The van der Waals surface area contributed by atoms with E-state index in [4.69, 9.17) is 4.98 Å². The summed E-state index contributed by atoms with van der Waals surface area (Å²) in [6, 6.07) is 0. The fourth-order valence-electron chi connectivity index (χ4n) is 4.08. The Morgan fingerprint density at radius 3 is 2.69 bits per heavy atom. The van der Waals surface area contributed by atoms with Gasteiger partial charge in [0.15, 0.2) is 0 Å². The van der Waals surface area contributed by atoms with E-state index in [1.165, 1.54) is 0 Å². The maximum atomic E-state index is 12.7. The molecule has 1 aromatic rings. The number of hydrogen-bond donors (Lipinski definition) is 0. The maximum absolute atomic E-state index is 12.7. The van der Waals surface area contributed by atoms with Gasteiger partial charge in [0.2, 0.25) is 11.8 Å². The van der Waals surface area contributed by atoms with Crippen molar-refractivity contribution in [3.05, 3.63) is 23.3 Å². The molecule has 3 heterocycles. The van der Waals surface area contributed by atoms with Crippen molar-refractivity contribution in [2.45, 2.75) is 65.3 Å². The lowest BCUT2D eigenvalue weighted by molar-refractivity contribution is -0.137. The van der Waals surface area contributed by atoms with Crippen molar-refractivity contribution >= 4 is 11.8 Å². The zero-order chi connectivity index (χ0) is 18.7. The summed E-state index contributed by atoms with van der Waals surface area (Å²) in [5.41, 5.74) is 2.12. The summed E-state index contributed by atoms with van der Waals surface area (Å²) in [6.45, 7) is 8.69. The van der Waals surface area contributed by atoms with E-state index >= 15 is 0 Å². The van der Waals surface area contributed by atoms with Crippen molar-refractivity contribution in [3.8, 4) is 0 Å². The zero-order valence-corrected chi connectivity index (χ0v) is 16.2. The quantitative estimate of drug-likeness (QED) is 0.829. The van der Waals surface area contributed by atoms with Gasteiger partial charge in [-0.05, 0) is 25.7 Å². The minimum Gasteiger partial charge on any atom is -0.342 e. The highest BCUT2D eigenvalue weighted by atomic mass is 16.2. The van der Waals surface area contributed by atoms with E-state index in [2.05, 4.69) is 18.8 Å². The Morgan fingerprint density at radius 1 is 1.23 bits per heavy atom. The number of rotatable bonds is 4. The number of fused-ring (bicyclic) bond motifs is 1. The van der Waals surface area contributed by atoms with Gasteiger partial charge in [-0.25, -0.2) is 9.97 Å². The van der Waals surface area contributed by atoms with Crippen molar-refractivity contribution in [3.63, 3.8) is 0 Å². The smallest absolute Gasteiger partial charge is 0.225 e. The number of nitrogens with zero attached hydrogens (tertiary/aromatic N) is 4. The molecule has 1 aromatic heterocycles.